The number of carbonyl (C=O) groups is 1. The molecule has 0 aromatic heterocycles. The minimum Gasteiger partial charge on any atom is -0.482 e. The molecule has 0 saturated carbocycles. The number of halogens is 4. The minimum absolute atomic E-state index is 0.248. The molecule has 0 aliphatic heterocycles. The van der Waals surface area contributed by atoms with Gasteiger partial charge in [-0.15, -0.1) is 0 Å². The number of hydrogen-bond donors (Lipinski definition) is 1. The van der Waals surface area contributed by atoms with Gasteiger partial charge in [0.05, 0.1) is 21.3 Å². The van der Waals surface area contributed by atoms with Crippen LogP contribution in [0.4, 0.5) is 0 Å². The van der Waals surface area contributed by atoms with E-state index in [-0.39, 0.29) is 6.61 Å². The van der Waals surface area contributed by atoms with Crippen molar-refractivity contribution in [3.63, 3.8) is 0 Å². The van der Waals surface area contributed by atoms with Crippen molar-refractivity contribution < 1.29 is 9.53 Å². The topological polar surface area (TPSA) is 50.7 Å². The van der Waals surface area contributed by atoms with Gasteiger partial charge < -0.3 is 4.74 Å². The number of rotatable bonds is 5. The SMILES string of the molecule is O=C(COc1ccc(Cl)cc1Cl)N/N=C/c1cccc(Cl)c1Cl. The summed E-state index contributed by atoms with van der Waals surface area (Å²) < 4.78 is 5.28. The van der Waals surface area contributed by atoms with Gasteiger partial charge in [0.1, 0.15) is 5.75 Å². The molecule has 0 saturated heterocycles. The average molecular weight is 392 g/mol. The van der Waals surface area contributed by atoms with Crippen LogP contribution in [-0.2, 0) is 4.79 Å². The molecule has 2 rings (SSSR count). The molecule has 0 spiro atoms. The predicted molar refractivity (Wildman–Crippen MR) is 94.2 cm³/mol. The lowest BCUT2D eigenvalue weighted by Gasteiger charge is -2.07. The van der Waals surface area contributed by atoms with Crippen molar-refractivity contribution in [3.05, 3.63) is 62.1 Å². The van der Waals surface area contributed by atoms with E-state index in [1.165, 1.54) is 12.3 Å². The Bertz CT molecular complexity index is 750. The van der Waals surface area contributed by atoms with Crippen LogP contribution < -0.4 is 10.2 Å². The smallest absolute Gasteiger partial charge is 0.277 e. The van der Waals surface area contributed by atoms with Crippen LogP contribution in [0.1, 0.15) is 5.56 Å². The number of hydrazone groups is 1. The Morgan fingerprint density at radius 3 is 2.65 bits per heavy atom. The first-order valence-corrected chi connectivity index (χ1v) is 7.82. The fourth-order valence-electron chi connectivity index (χ4n) is 1.56. The Hall–Kier alpha value is -1.46. The zero-order chi connectivity index (χ0) is 16.8. The van der Waals surface area contributed by atoms with Crippen molar-refractivity contribution in [3.8, 4) is 5.75 Å². The highest BCUT2D eigenvalue weighted by atomic mass is 35.5. The van der Waals surface area contributed by atoms with Gasteiger partial charge in [-0.25, -0.2) is 5.43 Å². The fourth-order valence-corrected chi connectivity index (χ4v) is 2.38. The van der Waals surface area contributed by atoms with Crippen LogP contribution in [0, 0.1) is 0 Å². The molecule has 0 atom stereocenters. The number of amides is 1. The summed E-state index contributed by atoms with van der Waals surface area (Å²) in [7, 11) is 0. The normalized spacial score (nSPS) is 10.8. The van der Waals surface area contributed by atoms with Gasteiger partial charge >= 0.3 is 0 Å². The lowest BCUT2D eigenvalue weighted by molar-refractivity contribution is -0.123. The molecule has 4 nitrogen and oxygen atoms in total. The van der Waals surface area contributed by atoms with E-state index < -0.39 is 5.91 Å². The number of benzene rings is 2. The first-order valence-electron chi connectivity index (χ1n) is 6.31. The highest BCUT2D eigenvalue weighted by molar-refractivity contribution is 6.43. The summed E-state index contributed by atoms with van der Waals surface area (Å²) in [5, 5.41) is 5.35. The first kappa shape index (κ1) is 17.9. The lowest BCUT2D eigenvalue weighted by atomic mass is 10.2. The standard InChI is InChI=1S/C15H10Cl4N2O2/c16-10-4-5-13(12(18)6-10)23-8-14(22)21-20-7-9-2-1-3-11(17)15(9)19/h1-7H,8H2,(H,21,22)/b20-7+. The molecule has 0 heterocycles. The molecule has 8 heteroatoms. The van der Waals surface area contributed by atoms with Crippen LogP contribution in [0.25, 0.3) is 0 Å². The molecule has 1 N–H and O–H groups in total. The van der Waals surface area contributed by atoms with E-state index in [1.54, 1.807) is 30.3 Å². The lowest BCUT2D eigenvalue weighted by Crippen LogP contribution is -2.24. The summed E-state index contributed by atoms with van der Waals surface area (Å²) in [5.41, 5.74) is 2.90. The Morgan fingerprint density at radius 2 is 1.91 bits per heavy atom. The third-order valence-electron chi connectivity index (χ3n) is 2.63. The van der Waals surface area contributed by atoms with Crippen LogP contribution >= 0.6 is 46.4 Å². The van der Waals surface area contributed by atoms with Gasteiger partial charge in [0.15, 0.2) is 6.61 Å². The summed E-state index contributed by atoms with van der Waals surface area (Å²) in [6.07, 6.45) is 1.39. The molecule has 0 radical (unpaired) electrons. The Morgan fingerprint density at radius 1 is 1.13 bits per heavy atom. The molecule has 120 valence electrons. The number of hydrogen-bond acceptors (Lipinski definition) is 3. The molecule has 0 aliphatic carbocycles. The zero-order valence-electron chi connectivity index (χ0n) is 11.5. The van der Waals surface area contributed by atoms with Gasteiger partial charge in [-0.3, -0.25) is 4.79 Å². The van der Waals surface area contributed by atoms with Crippen molar-refractivity contribution in [1.29, 1.82) is 0 Å². The van der Waals surface area contributed by atoms with Crippen LogP contribution in [0.15, 0.2) is 41.5 Å². The summed E-state index contributed by atoms with van der Waals surface area (Å²) in [4.78, 5) is 11.7. The van der Waals surface area contributed by atoms with E-state index >= 15 is 0 Å². The number of ether oxygens (including phenoxy) is 1. The summed E-state index contributed by atoms with van der Waals surface area (Å²) in [6, 6.07) is 9.81. The third-order valence-corrected chi connectivity index (χ3v) is 3.99. The van der Waals surface area contributed by atoms with Crippen molar-refractivity contribution in [2.45, 2.75) is 0 Å². The quantitative estimate of drug-likeness (QED) is 0.586. The maximum atomic E-state index is 11.7. The van der Waals surface area contributed by atoms with Gasteiger partial charge in [0.2, 0.25) is 0 Å². The molecular formula is C15H10Cl4N2O2. The Kier molecular flexibility index (Phi) is 6.54. The van der Waals surface area contributed by atoms with Crippen LogP contribution in [0.2, 0.25) is 20.1 Å². The monoisotopic (exact) mass is 390 g/mol. The minimum atomic E-state index is -0.453. The number of nitrogens with one attached hydrogen (secondary N) is 1. The second-order valence-electron chi connectivity index (χ2n) is 4.30. The van der Waals surface area contributed by atoms with Crippen molar-refractivity contribution in [2.24, 2.45) is 5.10 Å². The molecule has 0 fully saturated rings. The average Bonchev–Trinajstić information content (AvgIpc) is 2.50. The molecule has 0 unspecified atom stereocenters. The van der Waals surface area contributed by atoms with E-state index in [4.69, 9.17) is 51.1 Å². The van der Waals surface area contributed by atoms with Gasteiger partial charge in [0.25, 0.3) is 5.91 Å². The molecule has 2 aromatic carbocycles. The van der Waals surface area contributed by atoms with E-state index in [0.29, 0.717) is 31.4 Å². The summed E-state index contributed by atoms with van der Waals surface area (Å²) in [5.74, 6) is -0.0986. The maximum absolute atomic E-state index is 11.7. The van der Waals surface area contributed by atoms with Crippen molar-refractivity contribution in [2.75, 3.05) is 6.61 Å². The summed E-state index contributed by atoms with van der Waals surface area (Å²) >= 11 is 23.6. The zero-order valence-corrected chi connectivity index (χ0v) is 14.5. The second kappa shape index (κ2) is 8.41. The first-order chi connectivity index (χ1) is 11.0. The molecule has 1 amide bonds. The van der Waals surface area contributed by atoms with E-state index in [9.17, 15) is 4.79 Å². The van der Waals surface area contributed by atoms with Crippen LogP contribution in [-0.4, -0.2) is 18.7 Å². The molecule has 23 heavy (non-hydrogen) atoms. The third kappa shape index (κ3) is 5.29. The van der Waals surface area contributed by atoms with Crippen molar-refractivity contribution in [1.82, 2.24) is 5.43 Å². The van der Waals surface area contributed by atoms with Gasteiger partial charge in [0, 0.05) is 10.6 Å². The number of nitrogens with zero attached hydrogens (tertiary/aromatic N) is 1. The second-order valence-corrected chi connectivity index (χ2v) is 5.93. The molecule has 0 aliphatic rings. The number of carbonyl (C=O) groups excluding carboxylic acids is 1. The maximum Gasteiger partial charge on any atom is 0.277 e. The summed E-state index contributed by atoms with van der Waals surface area (Å²) in [6.45, 7) is -0.248. The van der Waals surface area contributed by atoms with E-state index in [1.807, 2.05) is 0 Å². The van der Waals surface area contributed by atoms with Crippen molar-refractivity contribution >= 4 is 58.5 Å². The molecule has 2 aromatic rings. The van der Waals surface area contributed by atoms with Crippen LogP contribution in [0.3, 0.4) is 0 Å². The van der Waals surface area contributed by atoms with Gasteiger partial charge in [-0.1, -0.05) is 58.5 Å². The molecule has 0 bridgehead atoms. The van der Waals surface area contributed by atoms with Gasteiger partial charge in [-0.2, -0.15) is 5.10 Å². The van der Waals surface area contributed by atoms with E-state index in [0.717, 1.165) is 0 Å². The highest BCUT2D eigenvalue weighted by Crippen LogP contribution is 2.27. The highest BCUT2D eigenvalue weighted by Gasteiger charge is 2.06. The largest absolute Gasteiger partial charge is 0.482 e. The molecular weight excluding hydrogens is 382 g/mol. The Balaban J connectivity index is 1.87. The van der Waals surface area contributed by atoms with E-state index in [2.05, 4.69) is 10.5 Å². The fraction of sp³-hybridized carbons (Fsp3) is 0.0667. The Labute approximate surface area is 152 Å². The van der Waals surface area contributed by atoms with Gasteiger partial charge in [-0.05, 0) is 24.3 Å². The van der Waals surface area contributed by atoms with Crippen LogP contribution in [0.5, 0.6) is 5.75 Å². The predicted octanol–water partition coefficient (Wildman–Crippen LogP) is 4.83.